The minimum atomic E-state index is -0.499. The van der Waals surface area contributed by atoms with Gasteiger partial charge in [-0.1, -0.05) is 23.7 Å². The molecule has 1 aliphatic heterocycles. The summed E-state index contributed by atoms with van der Waals surface area (Å²) in [6, 6.07) is 7.33. The zero-order valence-corrected chi connectivity index (χ0v) is 15.0. The fourth-order valence-electron chi connectivity index (χ4n) is 2.86. The van der Waals surface area contributed by atoms with E-state index in [9.17, 15) is 9.59 Å². The van der Waals surface area contributed by atoms with Gasteiger partial charge in [0.25, 0.3) is 5.91 Å². The van der Waals surface area contributed by atoms with Gasteiger partial charge < -0.3 is 20.4 Å². The van der Waals surface area contributed by atoms with Crippen LogP contribution in [0.3, 0.4) is 0 Å². The van der Waals surface area contributed by atoms with E-state index in [2.05, 4.69) is 15.5 Å². The first-order valence-electron chi connectivity index (χ1n) is 8.41. The van der Waals surface area contributed by atoms with Crippen LogP contribution >= 0.6 is 11.6 Å². The van der Waals surface area contributed by atoms with E-state index < -0.39 is 6.04 Å². The normalized spacial score (nSPS) is 16.5. The third-order valence-electron chi connectivity index (χ3n) is 4.20. The number of halogens is 1. The second kappa shape index (κ2) is 8.89. The number of piperazine rings is 1. The Morgan fingerprint density at radius 2 is 1.96 bits per heavy atom. The number of hydrogen-bond acceptors (Lipinski definition) is 3. The van der Waals surface area contributed by atoms with Crippen molar-refractivity contribution >= 4 is 29.1 Å². The third kappa shape index (κ3) is 5.11. The minimum absolute atomic E-state index is 0.0880. The summed E-state index contributed by atoms with van der Waals surface area (Å²) >= 11 is 6.24. The van der Waals surface area contributed by atoms with Gasteiger partial charge in [0.2, 0.25) is 5.91 Å². The van der Waals surface area contributed by atoms with Gasteiger partial charge >= 0.3 is 0 Å². The molecular weight excluding hydrogens is 328 g/mol. The number of quaternary nitrogens is 1. The highest BCUT2D eigenvalue weighted by Gasteiger charge is 2.24. The number of benzene rings is 1. The Hall–Kier alpha value is -1.79. The van der Waals surface area contributed by atoms with Gasteiger partial charge in [-0.15, -0.1) is 0 Å². The van der Waals surface area contributed by atoms with Gasteiger partial charge in [0.1, 0.15) is 6.04 Å². The third-order valence-corrected chi connectivity index (χ3v) is 4.52. The zero-order chi connectivity index (χ0) is 17.5. The van der Waals surface area contributed by atoms with Crippen LogP contribution in [0.1, 0.15) is 13.8 Å². The second-order valence-electron chi connectivity index (χ2n) is 6.05. The van der Waals surface area contributed by atoms with E-state index in [0.29, 0.717) is 13.1 Å². The lowest BCUT2D eigenvalue weighted by Crippen LogP contribution is -3.16. The van der Waals surface area contributed by atoms with E-state index in [1.165, 1.54) is 4.90 Å². The SMILES string of the molecule is CCNC(=O)[C@@H](C)NC(=O)C[NH+]1CCN(c2ccccc2Cl)CC1. The summed E-state index contributed by atoms with van der Waals surface area (Å²) in [7, 11) is 0. The summed E-state index contributed by atoms with van der Waals surface area (Å²) in [6.07, 6.45) is 0. The van der Waals surface area contributed by atoms with E-state index in [0.717, 1.165) is 36.9 Å². The first-order valence-corrected chi connectivity index (χ1v) is 8.79. The first-order chi connectivity index (χ1) is 11.5. The Bertz CT molecular complexity index is 573. The molecule has 0 saturated carbocycles. The standard InChI is InChI=1S/C17H25ClN4O2/c1-3-19-17(24)13(2)20-16(23)12-21-8-10-22(11-9-21)15-7-5-4-6-14(15)18/h4-7,13H,3,8-12H2,1-2H3,(H,19,24)(H,20,23)/p+1/t13-/m1/s1. The Morgan fingerprint density at radius 3 is 2.58 bits per heavy atom. The Kier molecular flexibility index (Phi) is 6.87. The number of carbonyl (C=O) groups is 2. The van der Waals surface area contributed by atoms with Crippen molar-refractivity contribution in [2.75, 3.05) is 44.2 Å². The number of para-hydroxylation sites is 1. The number of carbonyl (C=O) groups excluding carboxylic acids is 2. The first kappa shape index (κ1) is 18.5. The van der Waals surface area contributed by atoms with Crippen LogP contribution in [0.4, 0.5) is 5.69 Å². The average molecular weight is 354 g/mol. The van der Waals surface area contributed by atoms with Crippen molar-refractivity contribution < 1.29 is 14.5 Å². The van der Waals surface area contributed by atoms with Crippen LogP contribution in [0, 0.1) is 0 Å². The van der Waals surface area contributed by atoms with E-state index in [-0.39, 0.29) is 11.8 Å². The van der Waals surface area contributed by atoms with Crippen molar-refractivity contribution in [1.82, 2.24) is 10.6 Å². The number of anilines is 1. The molecule has 6 nitrogen and oxygen atoms in total. The molecule has 1 saturated heterocycles. The van der Waals surface area contributed by atoms with Gasteiger partial charge in [-0.25, -0.2) is 0 Å². The van der Waals surface area contributed by atoms with Crippen LogP contribution in [-0.4, -0.2) is 57.1 Å². The maximum absolute atomic E-state index is 12.1. The lowest BCUT2D eigenvalue weighted by molar-refractivity contribution is -0.892. The Morgan fingerprint density at radius 1 is 1.29 bits per heavy atom. The van der Waals surface area contributed by atoms with Crippen LogP contribution in [0.2, 0.25) is 5.02 Å². The van der Waals surface area contributed by atoms with Crippen LogP contribution in [0.5, 0.6) is 0 Å². The molecule has 24 heavy (non-hydrogen) atoms. The number of likely N-dealkylation sites (N-methyl/N-ethyl adjacent to an activating group) is 1. The van der Waals surface area contributed by atoms with Crippen molar-refractivity contribution in [3.63, 3.8) is 0 Å². The Labute approximate surface area is 148 Å². The predicted molar refractivity (Wildman–Crippen MR) is 95.5 cm³/mol. The lowest BCUT2D eigenvalue weighted by Gasteiger charge is -2.33. The van der Waals surface area contributed by atoms with E-state index in [4.69, 9.17) is 11.6 Å². The molecule has 3 N–H and O–H groups in total. The molecule has 132 valence electrons. The van der Waals surface area contributed by atoms with Gasteiger partial charge in [0, 0.05) is 6.54 Å². The molecule has 0 aliphatic carbocycles. The maximum atomic E-state index is 12.1. The molecule has 0 aromatic heterocycles. The summed E-state index contributed by atoms with van der Waals surface area (Å²) in [6.45, 7) is 7.97. The van der Waals surface area contributed by atoms with E-state index in [1.54, 1.807) is 6.92 Å². The number of nitrogens with zero attached hydrogens (tertiary/aromatic N) is 1. The molecule has 1 heterocycles. The topological polar surface area (TPSA) is 65.9 Å². The number of amides is 2. The molecule has 1 atom stereocenters. The largest absolute Gasteiger partial charge is 0.359 e. The molecule has 1 aliphatic rings. The van der Waals surface area contributed by atoms with Crippen LogP contribution in [0.15, 0.2) is 24.3 Å². The number of hydrogen-bond donors (Lipinski definition) is 3. The average Bonchev–Trinajstić information content (AvgIpc) is 2.56. The highest BCUT2D eigenvalue weighted by molar-refractivity contribution is 6.33. The number of nitrogens with one attached hydrogen (secondary N) is 3. The lowest BCUT2D eigenvalue weighted by atomic mass is 10.2. The van der Waals surface area contributed by atoms with E-state index >= 15 is 0 Å². The molecule has 1 aromatic rings. The maximum Gasteiger partial charge on any atom is 0.275 e. The fourth-order valence-corrected chi connectivity index (χ4v) is 3.12. The fraction of sp³-hybridized carbons (Fsp3) is 0.529. The molecule has 7 heteroatoms. The number of rotatable bonds is 6. The van der Waals surface area contributed by atoms with Gasteiger partial charge in [-0.3, -0.25) is 9.59 Å². The molecule has 1 aromatic carbocycles. The molecule has 0 bridgehead atoms. The Balaban J connectivity index is 1.77. The van der Waals surface area contributed by atoms with Crippen molar-refractivity contribution in [3.8, 4) is 0 Å². The summed E-state index contributed by atoms with van der Waals surface area (Å²) in [5.74, 6) is -0.237. The molecule has 0 spiro atoms. The van der Waals surface area contributed by atoms with Crippen molar-refractivity contribution in [2.24, 2.45) is 0 Å². The molecule has 2 amide bonds. The minimum Gasteiger partial charge on any atom is -0.359 e. The second-order valence-corrected chi connectivity index (χ2v) is 6.46. The summed E-state index contributed by atoms with van der Waals surface area (Å²) < 4.78 is 0. The molecule has 0 radical (unpaired) electrons. The molecular formula is C17H26ClN4O2+. The van der Waals surface area contributed by atoms with Crippen LogP contribution in [0.25, 0.3) is 0 Å². The molecule has 1 fully saturated rings. The predicted octanol–water partition coefficient (Wildman–Crippen LogP) is -0.314. The summed E-state index contributed by atoms with van der Waals surface area (Å²) in [4.78, 5) is 27.2. The highest BCUT2D eigenvalue weighted by Crippen LogP contribution is 2.24. The molecule has 2 rings (SSSR count). The van der Waals surface area contributed by atoms with Crippen molar-refractivity contribution in [2.45, 2.75) is 19.9 Å². The van der Waals surface area contributed by atoms with Gasteiger partial charge in [0.05, 0.1) is 36.9 Å². The van der Waals surface area contributed by atoms with E-state index in [1.807, 2.05) is 31.2 Å². The van der Waals surface area contributed by atoms with Crippen molar-refractivity contribution in [1.29, 1.82) is 0 Å². The van der Waals surface area contributed by atoms with Crippen LogP contribution in [-0.2, 0) is 9.59 Å². The summed E-state index contributed by atoms with van der Waals surface area (Å²) in [5, 5.41) is 6.22. The quantitative estimate of drug-likeness (QED) is 0.657. The zero-order valence-electron chi connectivity index (χ0n) is 14.3. The van der Waals surface area contributed by atoms with Crippen molar-refractivity contribution in [3.05, 3.63) is 29.3 Å². The molecule has 0 unspecified atom stereocenters. The van der Waals surface area contributed by atoms with Gasteiger partial charge in [-0.2, -0.15) is 0 Å². The van der Waals surface area contributed by atoms with Gasteiger partial charge in [0.15, 0.2) is 6.54 Å². The highest BCUT2D eigenvalue weighted by atomic mass is 35.5. The smallest absolute Gasteiger partial charge is 0.275 e. The van der Waals surface area contributed by atoms with Gasteiger partial charge in [-0.05, 0) is 26.0 Å². The van der Waals surface area contributed by atoms with Crippen LogP contribution < -0.4 is 20.4 Å². The monoisotopic (exact) mass is 353 g/mol. The summed E-state index contributed by atoms with van der Waals surface area (Å²) in [5.41, 5.74) is 1.05.